The van der Waals surface area contributed by atoms with Crippen molar-refractivity contribution >= 4 is 44.7 Å². The maximum atomic E-state index is 13.8. The number of carbonyl (C=O) groups excluding carboxylic acids is 1. The van der Waals surface area contributed by atoms with E-state index < -0.39 is 17.5 Å². The van der Waals surface area contributed by atoms with Crippen LogP contribution >= 0.6 is 11.3 Å². The average molecular weight is 558 g/mol. The largest absolute Gasteiger partial charge is 0.473 e. The summed E-state index contributed by atoms with van der Waals surface area (Å²) in [7, 11) is 1.66. The number of carbonyl (C=O) groups is 3. The van der Waals surface area contributed by atoms with Gasteiger partial charge in [0, 0.05) is 43.4 Å². The Balaban J connectivity index is 0.000000557. The first-order valence-corrected chi connectivity index (χ1v) is 13.8. The summed E-state index contributed by atoms with van der Waals surface area (Å²) < 4.78 is 7.44. The number of hydrogen-bond donors (Lipinski definition) is 2. The van der Waals surface area contributed by atoms with Crippen molar-refractivity contribution in [1.29, 1.82) is 0 Å². The minimum absolute atomic E-state index is 0.0133. The molecular weight excluding hydrogens is 526 g/mol. The van der Waals surface area contributed by atoms with Crippen molar-refractivity contribution in [3.05, 3.63) is 113 Å². The minimum Gasteiger partial charge on any atom is -0.473 e. The molecule has 3 aromatic carbocycles. The number of ether oxygens (including phenoxy) is 1. The quantitative estimate of drug-likeness (QED) is 0.203. The summed E-state index contributed by atoms with van der Waals surface area (Å²) in [6.45, 7) is 2.64. The molecule has 1 aromatic heterocycles. The number of hydrogen-bond acceptors (Lipinski definition) is 6. The summed E-state index contributed by atoms with van der Waals surface area (Å²) in [5, 5.41) is 18.3. The molecule has 1 unspecified atom stereocenters. The van der Waals surface area contributed by atoms with Gasteiger partial charge in [0.15, 0.2) is 11.4 Å². The molecule has 0 amide bonds. The molecule has 2 N–H and O–H groups in total. The van der Waals surface area contributed by atoms with Crippen LogP contribution in [0.2, 0.25) is 0 Å². The SMILES string of the molecule is COC(CCN1CC=C(c2cccc3ccsc23)CC1)(C(=O)c1ccccc1)c1ccccc1.O=C(O)C(=O)O. The number of ketones is 1. The Morgan fingerprint density at radius 3 is 2.17 bits per heavy atom. The molecule has 0 radical (unpaired) electrons. The number of fused-ring (bicyclic) bond motifs is 1. The van der Waals surface area contributed by atoms with Gasteiger partial charge in [0.25, 0.3) is 0 Å². The van der Waals surface area contributed by atoms with Crippen LogP contribution in [-0.4, -0.2) is 59.6 Å². The molecule has 5 rings (SSSR count). The summed E-state index contributed by atoms with van der Waals surface area (Å²) in [5.41, 5.74) is 3.37. The van der Waals surface area contributed by atoms with Crippen molar-refractivity contribution in [2.24, 2.45) is 0 Å². The predicted octanol–water partition coefficient (Wildman–Crippen LogP) is 5.96. The molecule has 206 valence electrons. The number of thiophene rings is 1. The lowest BCUT2D eigenvalue weighted by Gasteiger charge is -2.35. The molecule has 4 aromatic rings. The highest BCUT2D eigenvalue weighted by Crippen LogP contribution is 2.35. The van der Waals surface area contributed by atoms with Crippen molar-refractivity contribution in [2.75, 3.05) is 26.7 Å². The first kappa shape index (κ1) is 28.9. The van der Waals surface area contributed by atoms with Gasteiger partial charge in [-0.05, 0) is 40.0 Å². The van der Waals surface area contributed by atoms with E-state index in [4.69, 9.17) is 24.5 Å². The van der Waals surface area contributed by atoms with Crippen molar-refractivity contribution in [3.63, 3.8) is 0 Å². The van der Waals surface area contributed by atoms with Gasteiger partial charge in [-0.2, -0.15) is 0 Å². The molecule has 1 aliphatic rings. The molecule has 0 aliphatic carbocycles. The molecule has 1 aliphatic heterocycles. The summed E-state index contributed by atoms with van der Waals surface area (Å²) in [4.78, 5) is 34.4. The zero-order chi connectivity index (χ0) is 28.5. The van der Waals surface area contributed by atoms with Gasteiger partial charge in [0.05, 0.1) is 0 Å². The molecular formula is C32H31NO6S. The maximum absolute atomic E-state index is 13.8. The fraction of sp³-hybridized carbons (Fsp3) is 0.219. The van der Waals surface area contributed by atoms with E-state index >= 15 is 0 Å². The number of rotatable bonds is 8. The van der Waals surface area contributed by atoms with Crippen molar-refractivity contribution in [3.8, 4) is 0 Å². The highest BCUT2D eigenvalue weighted by Gasteiger charge is 2.41. The van der Waals surface area contributed by atoms with Gasteiger partial charge in [0.2, 0.25) is 0 Å². The molecule has 40 heavy (non-hydrogen) atoms. The number of Topliss-reactive ketones (excluding diaryl/α,β-unsaturated/α-hetero) is 1. The van der Waals surface area contributed by atoms with Crippen LogP contribution in [0.25, 0.3) is 15.7 Å². The lowest BCUT2D eigenvalue weighted by molar-refractivity contribution is -0.159. The molecule has 7 nitrogen and oxygen atoms in total. The Morgan fingerprint density at radius 1 is 0.900 bits per heavy atom. The Kier molecular flexibility index (Phi) is 9.60. The standard InChI is InChI=1S/C30H29NO2S.C2H2O4/c1-33-30(26-12-6-3-7-13-26,29(32)25-9-4-2-5-10-25)18-21-31-19-15-23(16-20-31)27-14-8-11-24-17-22-34-28(24)27;3-1(4)2(5)6/h2-15,17,22H,16,18-21H2,1H3;(H,3,4)(H,5,6). The third-order valence-electron chi connectivity index (χ3n) is 7.07. The van der Waals surface area contributed by atoms with Crippen molar-refractivity contribution in [2.45, 2.75) is 18.4 Å². The van der Waals surface area contributed by atoms with Gasteiger partial charge in [-0.25, -0.2) is 9.59 Å². The number of carboxylic acid groups (broad SMARTS) is 2. The zero-order valence-electron chi connectivity index (χ0n) is 22.2. The first-order chi connectivity index (χ1) is 19.4. The van der Waals surface area contributed by atoms with E-state index in [9.17, 15) is 4.79 Å². The van der Waals surface area contributed by atoms with E-state index in [1.54, 1.807) is 7.11 Å². The predicted molar refractivity (Wildman–Crippen MR) is 157 cm³/mol. The molecule has 8 heteroatoms. The van der Waals surface area contributed by atoms with Gasteiger partial charge < -0.3 is 14.9 Å². The van der Waals surface area contributed by atoms with Crippen LogP contribution in [0.1, 0.15) is 34.3 Å². The molecule has 0 fully saturated rings. The fourth-order valence-electron chi connectivity index (χ4n) is 4.95. The number of carboxylic acids is 2. The van der Waals surface area contributed by atoms with Crippen LogP contribution < -0.4 is 0 Å². The fourth-order valence-corrected chi connectivity index (χ4v) is 5.90. The van der Waals surface area contributed by atoms with E-state index in [-0.39, 0.29) is 5.78 Å². The highest BCUT2D eigenvalue weighted by atomic mass is 32.1. The Labute approximate surface area is 237 Å². The summed E-state index contributed by atoms with van der Waals surface area (Å²) >= 11 is 1.82. The Morgan fingerprint density at radius 2 is 1.57 bits per heavy atom. The van der Waals surface area contributed by atoms with Gasteiger partial charge >= 0.3 is 11.9 Å². The second kappa shape index (κ2) is 13.3. The van der Waals surface area contributed by atoms with Crippen molar-refractivity contribution < 1.29 is 29.3 Å². The molecule has 0 saturated heterocycles. The van der Waals surface area contributed by atoms with Gasteiger partial charge in [-0.1, -0.05) is 84.9 Å². The molecule has 0 spiro atoms. The van der Waals surface area contributed by atoms with Crippen LogP contribution in [-0.2, 0) is 19.9 Å². The van der Waals surface area contributed by atoms with Crippen LogP contribution in [0.4, 0.5) is 0 Å². The van der Waals surface area contributed by atoms with Crippen LogP contribution in [0.5, 0.6) is 0 Å². The number of aliphatic carboxylic acids is 2. The summed E-state index contributed by atoms with van der Waals surface area (Å²) in [6, 6.07) is 28.2. The van der Waals surface area contributed by atoms with Crippen LogP contribution in [0.3, 0.4) is 0 Å². The number of nitrogens with zero attached hydrogens (tertiary/aromatic N) is 1. The van der Waals surface area contributed by atoms with Crippen molar-refractivity contribution in [1.82, 2.24) is 4.90 Å². The van der Waals surface area contributed by atoms with E-state index in [0.29, 0.717) is 12.0 Å². The number of methoxy groups -OCH3 is 1. The van der Waals surface area contributed by atoms with E-state index in [1.165, 1.54) is 21.2 Å². The Hall–Kier alpha value is -4.11. The summed E-state index contributed by atoms with van der Waals surface area (Å²) in [6.07, 6.45) is 3.97. The van der Waals surface area contributed by atoms with Gasteiger partial charge in [-0.15, -0.1) is 11.3 Å². The third-order valence-corrected chi connectivity index (χ3v) is 8.04. The number of benzene rings is 3. The molecule has 2 heterocycles. The van der Waals surface area contributed by atoms with Gasteiger partial charge in [0.1, 0.15) is 0 Å². The van der Waals surface area contributed by atoms with Gasteiger partial charge in [-0.3, -0.25) is 9.69 Å². The van der Waals surface area contributed by atoms with E-state index in [1.807, 2.05) is 72.0 Å². The smallest absolute Gasteiger partial charge is 0.414 e. The average Bonchev–Trinajstić information content (AvgIpc) is 3.48. The van der Waals surface area contributed by atoms with Crippen LogP contribution in [0.15, 0.2) is 96.4 Å². The molecule has 0 saturated carbocycles. The molecule has 1 atom stereocenters. The maximum Gasteiger partial charge on any atom is 0.414 e. The monoisotopic (exact) mass is 557 g/mol. The summed E-state index contributed by atoms with van der Waals surface area (Å²) in [5.74, 6) is -3.63. The Bertz CT molecular complexity index is 1490. The molecule has 0 bridgehead atoms. The lowest BCUT2D eigenvalue weighted by atomic mass is 9.82. The third kappa shape index (κ3) is 6.54. The lowest BCUT2D eigenvalue weighted by Crippen LogP contribution is -2.42. The first-order valence-electron chi connectivity index (χ1n) is 12.9. The topological polar surface area (TPSA) is 104 Å². The van der Waals surface area contributed by atoms with E-state index in [0.717, 1.165) is 31.6 Å². The highest BCUT2D eigenvalue weighted by molar-refractivity contribution is 7.17. The second-order valence-electron chi connectivity index (χ2n) is 9.38. The zero-order valence-corrected chi connectivity index (χ0v) is 23.0. The normalized spacial score (nSPS) is 14.9. The minimum atomic E-state index is -1.82. The second-order valence-corrected chi connectivity index (χ2v) is 10.3. The van der Waals surface area contributed by atoms with Crippen LogP contribution in [0, 0.1) is 0 Å². The van der Waals surface area contributed by atoms with E-state index in [2.05, 4.69) is 40.6 Å².